The Labute approximate surface area is 111 Å². The third kappa shape index (κ3) is 3.38. The van der Waals surface area contributed by atoms with E-state index in [1.165, 1.54) is 0 Å². The fourth-order valence-corrected chi connectivity index (χ4v) is 3.64. The topological polar surface area (TPSA) is 69.6 Å². The lowest BCUT2D eigenvalue weighted by Crippen LogP contribution is -2.55. The molecule has 0 radical (unpaired) electrons. The molecule has 2 rings (SSSR count). The predicted octanol–water partition coefficient (Wildman–Crippen LogP) is 0.547. The first-order valence-electron chi connectivity index (χ1n) is 6.52. The Kier molecular flexibility index (Phi) is 4.88. The number of carboxylic acid groups (broad SMARTS) is 1. The highest BCUT2D eigenvalue weighted by Crippen LogP contribution is 2.21. The molecule has 2 fully saturated rings. The van der Waals surface area contributed by atoms with Crippen LogP contribution in [0.25, 0.3) is 0 Å². The van der Waals surface area contributed by atoms with Crippen LogP contribution in [0.1, 0.15) is 25.7 Å². The Hall–Kier alpha value is -0.750. The normalized spacial score (nSPS) is 29.0. The summed E-state index contributed by atoms with van der Waals surface area (Å²) in [4.78, 5) is 25.0. The predicted molar refractivity (Wildman–Crippen MR) is 70.7 cm³/mol. The molecule has 0 aliphatic carbocycles. The Morgan fingerprint density at radius 3 is 2.89 bits per heavy atom. The molecule has 18 heavy (non-hydrogen) atoms. The first-order chi connectivity index (χ1) is 8.68. The van der Waals surface area contributed by atoms with Crippen molar-refractivity contribution in [3.05, 3.63) is 0 Å². The molecule has 0 aromatic carbocycles. The Balaban J connectivity index is 1.98. The number of carboxylic acids is 1. The number of rotatable bonds is 3. The smallest absolute Gasteiger partial charge is 0.305 e. The number of carbonyl (C=O) groups excluding carboxylic acids is 1. The molecule has 2 N–H and O–H groups in total. The van der Waals surface area contributed by atoms with E-state index in [1.54, 1.807) is 16.7 Å². The second-order valence-corrected chi connectivity index (χ2v) is 6.01. The van der Waals surface area contributed by atoms with Crippen molar-refractivity contribution < 1.29 is 14.7 Å². The monoisotopic (exact) mass is 272 g/mol. The summed E-state index contributed by atoms with van der Waals surface area (Å²) in [5.74, 6) is 0.928. The highest BCUT2D eigenvalue weighted by atomic mass is 32.2. The molecular weight excluding hydrogens is 252 g/mol. The zero-order valence-corrected chi connectivity index (χ0v) is 11.2. The molecule has 2 aliphatic heterocycles. The van der Waals surface area contributed by atoms with Gasteiger partial charge in [-0.05, 0) is 19.4 Å². The molecule has 5 nitrogen and oxygen atoms in total. The minimum atomic E-state index is -0.822. The van der Waals surface area contributed by atoms with Gasteiger partial charge in [0.1, 0.15) is 0 Å². The van der Waals surface area contributed by atoms with Crippen molar-refractivity contribution in [3.8, 4) is 0 Å². The van der Waals surface area contributed by atoms with Crippen LogP contribution in [-0.4, -0.2) is 58.6 Å². The van der Waals surface area contributed by atoms with E-state index in [-0.39, 0.29) is 24.4 Å². The average molecular weight is 272 g/mol. The maximum absolute atomic E-state index is 12.4. The van der Waals surface area contributed by atoms with E-state index in [0.29, 0.717) is 6.54 Å². The van der Waals surface area contributed by atoms with Gasteiger partial charge in [-0.1, -0.05) is 6.42 Å². The fraction of sp³-hybridized carbons (Fsp3) is 0.833. The lowest BCUT2D eigenvalue weighted by atomic mass is 10.0. The van der Waals surface area contributed by atoms with Crippen LogP contribution in [-0.2, 0) is 9.59 Å². The number of carbonyl (C=O) groups is 2. The largest absolute Gasteiger partial charge is 0.481 e. The van der Waals surface area contributed by atoms with Crippen molar-refractivity contribution in [2.45, 2.75) is 37.8 Å². The molecule has 0 aromatic heterocycles. The molecule has 0 bridgehead atoms. The quantitative estimate of drug-likeness (QED) is 0.785. The lowest BCUT2D eigenvalue weighted by molar-refractivity contribution is -0.141. The van der Waals surface area contributed by atoms with Gasteiger partial charge in [-0.25, -0.2) is 0 Å². The molecule has 102 valence electrons. The summed E-state index contributed by atoms with van der Waals surface area (Å²) in [6.07, 6.45) is 3.14. The van der Waals surface area contributed by atoms with Crippen molar-refractivity contribution in [2.24, 2.45) is 0 Å². The molecular formula is C12H20N2O3S. The third-order valence-corrected chi connectivity index (χ3v) is 4.62. The lowest BCUT2D eigenvalue weighted by Gasteiger charge is -2.38. The van der Waals surface area contributed by atoms with Crippen LogP contribution in [0.2, 0.25) is 0 Å². The molecule has 0 spiro atoms. The maximum Gasteiger partial charge on any atom is 0.305 e. The third-order valence-electron chi connectivity index (χ3n) is 3.53. The standard InChI is InChI=1S/C12H20N2O3S/c15-11(16)7-9-8-18-6-5-14(9)12(17)10-3-1-2-4-13-10/h9-10,13H,1-8H2,(H,15,16). The fourth-order valence-electron chi connectivity index (χ4n) is 2.58. The summed E-state index contributed by atoms with van der Waals surface area (Å²) < 4.78 is 0. The van der Waals surface area contributed by atoms with Gasteiger partial charge in [-0.3, -0.25) is 9.59 Å². The molecule has 2 saturated heterocycles. The van der Waals surface area contributed by atoms with Gasteiger partial charge >= 0.3 is 5.97 Å². The van der Waals surface area contributed by atoms with Crippen molar-refractivity contribution in [1.29, 1.82) is 0 Å². The van der Waals surface area contributed by atoms with E-state index in [0.717, 1.165) is 37.3 Å². The van der Waals surface area contributed by atoms with E-state index < -0.39 is 5.97 Å². The highest BCUT2D eigenvalue weighted by Gasteiger charge is 2.33. The van der Waals surface area contributed by atoms with Crippen LogP contribution in [0.4, 0.5) is 0 Å². The number of hydrogen-bond acceptors (Lipinski definition) is 4. The Bertz CT molecular complexity index is 318. The number of nitrogens with one attached hydrogen (secondary N) is 1. The van der Waals surface area contributed by atoms with E-state index in [2.05, 4.69) is 5.32 Å². The van der Waals surface area contributed by atoms with Crippen molar-refractivity contribution in [2.75, 3.05) is 24.6 Å². The molecule has 1 amide bonds. The minimum absolute atomic E-state index is 0.0610. The van der Waals surface area contributed by atoms with Gasteiger partial charge in [-0.2, -0.15) is 11.8 Å². The van der Waals surface area contributed by atoms with Crippen LogP contribution in [0.15, 0.2) is 0 Å². The molecule has 0 aromatic rings. The van der Waals surface area contributed by atoms with Gasteiger partial charge in [-0.15, -0.1) is 0 Å². The second kappa shape index (κ2) is 6.43. The summed E-state index contributed by atoms with van der Waals surface area (Å²) in [7, 11) is 0. The number of hydrogen-bond donors (Lipinski definition) is 2. The second-order valence-electron chi connectivity index (χ2n) is 4.86. The van der Waals surface area contributed by atoms with Gasteiger partial charge in [0, 0.05) is 18.1 Å². The molecule has 2 heterocycles. The van der Waals surface area contributed by atoms with Gasteiger partial charge in [0.15, 0.2) is 0 Å². The number of amides is 1. The molecule has 0 saturated carbocycles. The van der Waals surface area contributed by atoms with Gasteiger partial charge in [0.2, 0.25) is 5.91 Å². The highest BCUT2D eigenvalue weighted by molar-refractivity contribution is 7.99. The average Bonchev–Trinajstić information content (AvgIpc) is 2.39. The Morgan fingerprint density at radius 1 is 1.39 bits per heavy atom. The zero-order chi connectivity index (χ0) is 13.0. The summed E-state index contributed by atoms with van der Waals surface area (Å²) in [6.45, 7) is 1.57. The van der Waals surface area contributed by atoms with Gasteiger partial charge in [0.05, 0.1) is 18.5 Å². The zero-order valence-electron chi connectivity index (χ0n) is 10.4. The molecule has 2 aliphatic rings. The summed E-state index contributed by atoms with van der Waals surface area (Å²) >= 11 is 1.74. The minimum Gasteiger partial charge on any atom is -0.481 e. The van der Waals surface area contributed by atoms with Crippen molar-refractivity contribution in [1.82, 2.24) is 10.2 Å². The van der Waals surface area contributed by atoms with Gasteiger partial charge in [0.25, 0.3) is 0 Å². The molecule has 6 heteroatoms. The van der Waals surface area contributed by atoms with Crippen LogP contribution < -0.4 is 5.32 Å². The van der Waals surface area contributed by atoms with E-state index in [9.17, 15) is 9.59 Å². The van der Waals surface area contributed by atoms with Crippen LogP contribution >= 0.6 is 11.8 Å². The maximum atomic E-state index is 12.4. The van der Waals surface area contributed by atoms with E-state index in [4.69, 9.17) is 5.11 Å². The first-order valence-corrected chi connectivity index (χ1v) is 7.67. The number of aliphatic carboxylic acids is 1. The Morgan fingerprint density at radius 2 is 2.22 bits per heavy atom. The number of thioether (sulfide) groups is 1. The SMILES string of the molecule is O=C(O)CC1CSCCN1C(=O)C1CCCCN1. The van der Waals surface area contributed by atoms with Gasteiger partial charge < -0.3 is 15.3 Å². The van der Waals surface area contributed by atoms with Crippen LogP contribution in [0.3, 0.4) is 0 Å². The first kappa shape index (κ1) is 13.7. The summed E-state index contributed by atoms with van der Waals surface area (Å²) in [5.41, 5.74) is 0. The molecule has 2 unspecified atom stereocenters. The number of nitrogens with zero attached hydrogens (tertiary/aromatic N) is 1. The van der Waals surface area contributed by atoms with E-state index >= 15 is 0 Å². The van der Waals surface area contributed by atoms with Crippen molar-refractivity contribution in [3.63, 3.8) is 0 Å². The summed E-state index contributed by atoms with van der Waals surface area (Å²) in [6, 6.07) is -0.240. The summed E-state index contributed by atoms with van der Waals surface area (Å²) in [5, 5.41) is 12.2. The number of piperidine rings is 1. The molecule has 2 atom stereocenters. The van der Waals surface area contributed by atoms with Crippen LogP contribution in [0, 0.1) is 0 Å². The van der Waals surface area contributed by atoms with E-state index in [1.807, 2.05) is 0 Å². The van der Waals surface area contributed by atoms with Crippen LogP contribution in [0.5, 0.6) is 0 Å². The van der Waals surface area contributed by atoms with Crippen molar-refractivity contribution >= 4 is 23.6 Å².